The molecule has 0 aliphatic rings. The average Bonchev–Trinajstić information content (AvgIpc) is 2.56. The standard InChI is InChI=1S/C19H33NO2S3/c1-4-6-7-8-9-10-14-19(15-20,13-5-2)25-18(23)24-16(3)11-12-17(21)22/h16H,4-14H2,1-3H3,(H,21,22). The largest absolute Gasteiger partial charge is 0.481 e. The zero-order valence-corrected chi connectivity index (χ0v) is 18.3. The van der Waals surface area contributed by atoms with Crippen LogP contribution in [0.25, 0.3) is 0 Å². The van der Waals surface area contributed by atoms with Crippen molar-refractivity contribution in [1.82, 2.24) is 0 Å². The molecular weight excluding hydrogens is 370 g/mol. The zero-order valence-electron chi connectivity index (χ0n) is 15.9. The van der Waals surface area contributed by atoms with Gasteiger partial charge in [0, 0.05) is 11.7 Å². The fourth-order valence-corrected chi connectivity index (χ4v) is 6.31. The van der Waals surface area contributed by atoms with Gasteiger partial charge in [0.15, 0.2) is 0 Å². The van der Waals surface area contributed by atoms with Gasteiger partial charge in [0.2, 0.25) is 0 Å². The molecule has 0 aliphatic carbocycles. The summed E-state index contributed by atoms with van der Waals surface area (Å²) in [6, 6.07) is 2.54. The Bertz CT molecular complexity index is 437. The van der Waals surface area contributed by atoms with Crippen molar-refractivity contribution in [3.63, 3.8) is 0 Å². The van der Waals surface area contributed by atoms with Crippen LogP contribution in [0.4, 0.5) is 0 Å². The molecule has 3 nitrogen and oxygen atoms in total. The van der Waals surface area contributed by atoms with E-state index in [0.717, 1.165) is 29.2 Å². The summed E-state index contributed by atoms with van der Waals surface area (Å²) < 4.78 is 0.356. The predicted octanol–water partition coefficient (Wildman–Crippen LogP) is 6.80. The maximum Gasteiger partial charge on any atom is 0.303 e. The fraction of sp³-hybridized carbons (Fsp3) is 0.842. The summed E-state index contributed by atoms with van der Waals surface area (Å²) in [4.78, 5) is 10.7. The van der Waals surface area contributed by atoms with Crippen LogP contribution < -0.4 is 0 Å². The predicted molar refractivity (Wildman–Crippen MR) is 115 cm³/mol. The van der Waals surface area contributed by atoms with Crippen LogP contribution in [0.3, 0.4) is 0 Å². The molecule has 0 spiro atoms. The lowest BCUT2D eigenvalue weighted by Gasteiger charge is -2.26. The molecule has 0 aromatic heterocycles. The molecule has 0 heterocycles. The van der Waals surface area contributed by atoms with Gasteiger partial charge < -0.3 is 5.11 Å². The Morgan fingerprint density at radius 3 is 2.36 bits per heavy atom. The number of hydrogen-bond donors (Lipinski definition) is 1. The van der Waals surface area contributed by atoms with Crippen molar-refractivity contribution < 1.29 is 9.90 Å². The molecule has 2 atom stereocenters. The summed E-state index contributed by atoms with van der Waals surface area (Å²) in [7, 11) is 0. The molecule has 0 bridgehead atoms. The zero-order chi connectivity index (χ0) is 19.1. The fourth-order valence-electron chi connectivity index (χ4n) is 2.69. The number of rotatable bonds is 14. The number of thiocarbonyl (C=S) groups is 1. The van der Waals surface area contributed by atoms with E-state index in [9.17, 15) is 10.1 Å². The van der Waals surface area contributed by atoms with Crippen LogP contribution >= 0.6 is 35.7 Å². The van der Waals surface area contributed by atoms with Gasteiger partial charge in [0.25, 0.3) is 0 Å². The van der Waals surface area contributed by atoms with Gasteiger partial charge in [-0.1, -0.05) is 89.7 Å². The number of carbonyl (C=O) groups is 1. The second kappa shape index (κ2) is 14.9. The molecule has 144 valence electrons. The molecule has 2 unspecified atom stereocenters. The summed E-state index contributed by atoms with van der Waals surface area (Å²) in [6.45, 7) is 6.33. The van der Waals surface area contributed by atoms with E-state index in [2.05, 4.69) is 19.9 Å². The summed E-state index contributed by atoms with van der Waals surface area (Å²) in [5, 5.41) is 18.7. The number of thioether (sulfide) groups is 2. The highest BCUT2D eigenvalue weighted by molar-refractivity contribution is 8.47. The van der Waals surface area contributed by atoms with Gasteiger partial charge in [-0.05, 0) is 19.3 Å². The second-order valence-corrected chi connectivity index (χ2v) is 10.6. The number of carboxylic acids is 1. The van der Waals surface area contributed by atoms with Gasteiger partial charge in [-0.25, -0.2) is 0 Å². The number of nitriles is 1. The Morgan fingerprint density at radius 1 is 1.16 bits per heavy atom. The Balaban J connectivity index is 4.46. The van der Waals surface area contributed by atoms with Gasteiger partial charge in [0.1, 0.15) is 8.28 Å². The van der Waals surface area contributed by atoms with Crippen LogP contribution in [0.2, 0.25) is 0 Å². The quantitative estimate of drug-likeness (QED) is 0.254. The van der Waals surface area contributed by atoms with Crippen LogP contribution in [0.1, 0.15) is 91.4 Å². The van der Waals surface area contributed by atoms with E-state index in [1.807, 2.05) is 6.92 Å². The lowest BCUT2D eigenvalue weighted by atomic mass is 9.96. The summed E-state index contributed by atoms with van der Waals surface area (Å²) in [6.07, 6.45) is 10.8. The first-order valence-electron chi connectivity index (χ1n) is 9.41. The average molecular weight is 404 g/mol. The van der Waals surface area contributed by atoms with E-state index in [0.29, 0.717) is 6.42 Å². The van der Waals surface area contributed by atoms with E-state index in [-0.39, 0.29) is 11.7 Å². The van der Waals surface area contributed by atoms with E-state index in [4.69, 9.17) is 17.3 Å². The first-order valence-corrected chi connectivity index (χ1v) is 11.5. The summed E-state index contributed by atoms with van der Waals surface area (Å²) in [5.74, 6) is -0.772. The molecule has 6 heteroatoms. The second-order valence-electron chi connectivity index (χ2n) is 6.59. The molecule has 0 amide bonds. The molecule has 0 aromatic carbocycles. The molecule has 0 aliphatic heterocycles. The molecule has 1 N–H and O–H groups in total. The Kier molecular flexibility index (Phi) is 14.7. The van der Waals surface area contributed by atoms with Gasteiger partial charge >= 0.3 is 5.97 Å². The van der Waals surface area contributed by atoms with Crippen LogP contribution in [0.15, 0.2) is 0 Å². The maximum atomic E-state index is 10.7. The van der Waals surface area contributed by atoms with Crippen molar-refractivity contribution in [2.75, 3.05) is 0 Å². The molecule has 0 saturated heterocycles. The topological polar surface area (TPSA) is 61.1 Å². The highest BCUT2D eigenvalue weighted by atomic mass is 32.2. The summed E-state index contributed by atoms with van der Waals surface area (Å²) >= 11 is 8.58. The Hall–Kier alpha value is -0.250. The number of carboxylic acid groups (broad SMARTS) is 1. The highest BCUT2D eigenvalue weighted by Crippen LogP contribution is 2.40. The van der Waals surface area contributed by atoms with Gasteiger partial charge in [-0.2, -0.15) is 5.26 Å². The third kappa shape index (κ3) is 12.7. The van der Waals surface area contributed by atoms with Crippen molar-refractivity contribution in [3.05, 3.63) is 0 Å². The monoisotopic (exact) mass is 403 g/mol. The van der Waals surface area contributed by atoms with Crippen LogP contribution in [0, 0.1) is 11.3 Å². The van der Waals surface area contributed by atoms with Crippen molar-refractivity contribution in [2.45, 2.75) is 101 Å². The lowest BCUT2D eigenvalue weighted by molar-refractivity contribution is -0.137. The van der Waals surface area contributed by atoms with Crippen molar-refractivity contribution >= 4 is 45.2 Å². The molecule has 0 radical (unpaired) electrons. The van der Waals surface area contributed by atoms with Crippen LogP contribution in [0.5, 0.6) is 0 Å². The van der Waals surface area contributed by atoms with Crippen molar-refractivity contribution in [3.8, 4) is 6.07 Å². The highest BCUT2D eigenvalue weighted by Gasteiger charge is 2.31. The molecule has 0 saturated carbocycles. The minimum absolute atomic E-state index is 0.164. The van der Waals surface area contributed by atoms with Crippen molar-refractivity contribution in [2.24, 2.45) is 0 Å². The van der Waals surface area contributed by atoms with Gasteiger partial charge in [-0.3, -0.25) is 4.79 Å². The first kappa shape index (κ1) is 24.8. The molecule has 0 fully saturated rings. The summed E-state index contributed by atoms with van der Waals surface area (Å²) in [5.41, 5.74) is 0. The number of aliphatic carboxylic acids is 1. The molecule has 25 heavy (non-hydrogen) atoms. The smallest absolute Gasteiger partial charge is 0.303 e. The minimum atomic E-state index is -0.772. The normalized spacial score (nSPS) is 14.5. The third-order valence-electron chi connectivity index (χ3n) is 4.13. The minimum Gasteiger partial charge on any atom is -0.481 e. The van der Waals surface area contributed by atoms with Crippen LogP contribution in [-0.4, -0.2) is 24.6 Å². The Labute approximate surface area is 167 Å². The molecule has 0 aromatic rings. The number of nitrogens with zero attached hydrogens (tertiary/aromatic N) is 1. The van der Waals surface area contributed by atoms with Gasteiger partial charge in [-0.15, -0.1) is 11.8 Å². The SMILES string of the molecule is CCCCCCCCC(C#N)(CCC)SC(=S)SC(C)CCC(=O)O. The number of unbranched alkanes of at least 4 members (excludes halogenated alkanes) is 5. The van der Waals surface area contributed by atoms with E-state index in [1.165, 1.54) is 55.6 Å². The molecular formula is C19H33NO2S3. The maximum absolute atomic E-state index is 10.7. The first-order chi connectivity index (χ1) is 11.9. The Morgan fingerprint density at radius 2 is 1.80 bits per heavy atom. The van der Waals surface area contributed by atoms with E-state index < -0.39 is 10.7 Å². The third-order valence-corrected chi connectivity index (χ3v) is 7.10. The number of hydrogen-bond acceptors (Lipinski definition) is 5. The van der Waals surface area contributed by atoms with E-state index >= 15 is 0 Å². The van der Waals surface area contributed by atoms with E-state index in [1.54, 1.807) is 0 Å². The van der Waals surface area contributed by atoms with Gasteiger partial charge in [0.05, 0.1) is 6.07 Å². The van der Waals surface area contributed by atoms with Crippen LogP contribution in [-0.2, 0) is 4.79 Å². The lowest BCUT2D eigenvalue weighted by Crippen LogP contribution is -2.24. The molecule has 0 rings (SSSR count). The van der Waals surface area contributed by atoms with Crippen molar-refractivity contribution in [1.29, 1.82) is 5.26 Å².